The maximum atomic E-state index is 2.47. The van der Waals surface area contributed by atoms with E-state index in [0.29, 0.717) is 0 Å². The fourth-order valence-electron chi connectivity index (χ4n) is 3.02. The summed E-state index contributed by atoms with van der Waals surface area (Å²) in [5.41, 5.74) is 7.59. The van der Waals surface area contributed by atoms with Crippen molar-refractivity contribution < 1.29 is 0 Å². The van der Waals surface area contributed by atoms with Gasteiger partial charge >= 0.3 is 0 Å². The van der Waals surface area contributed by atoms with Crippen molar-refractivity contribution in [1.29, 1.82) is 0 Å². The SMILES string of the molecule is Cc1cc(C)c(CCC2=CCCCC2)c(C)c1. The van der Waals surface area contributed by atoms with E-state index in [9.17, 15) is 0 Å². The molecule has 0 bridgehead atoms. The molecule has 0 saturated carbocycles. The van der Waals surface area contributed by atoms with Gasteiger partial charge in [-0.1, -0.05) is 29.3 Å². The molecule has 0 amide bonds. The van der Waals surface area contributed by atoms with Gasteiger partial charge < -0.3 is 0 Å². The summed E-state index contributed by atoms with van der Waals surface area (Å²) >= 11 is 0. The molecule has 92 valence electrons. The largest absolute Gasteiger partial charge is 0.0853 e. The lowest BCUT2D eigenvalue weighted by Gasteiger charge is -2.15. The zero-order chi connectivity index (χ0) is 12.3. The van der Waals surface area contributed by atoms with Crippen LogP contribution in [-0.4, -0.2) is 0 Å². The quantitative estimate of drug-likeness (QED) is 0.635. The third-order valence-electron chi connectivity index (χ3n) is 3.92. The molecule has 0 fully saturated rings. The van der Waals surface area contributed by atoms with E-state index in [2.05, 4.69) is 39.0 Å². The first-order chi connectivity index (χ1) is 8.16. The minimum absolute atomic E-state index is 1.23. The van der Waals surface area contributed by atoms with Crippen molar-refractivity contribution in [3.8, 4) is 0 Å². The summed E-state index contributed by atoms with van der Waals surface area (Å²) in [5, 5.41) is 0. The Hall–Kier alpha value is -1.04. The standard InChI is InChI=1S/C17H24/c1-13-11-14(2)17(15(3)12-13)10-9-16-7-5-4-6-8-16/h7,11-12H,4-6,8-10H2,1-3H3. The number of benzene rings is 1. The average molecular weight is 228 g/mol. The monoisotopic (exact) mass is 228 g/mol. The van der Waals surface area contributed by atoms with Crippen LogP contribution in [0.25, 0.3) is 0 Å². The Balaban J connectivity index is 2.06. The van der Waals surface area contributed by atoms with Crippen LogP contribution in [0.4, 0.5) is 0 Å². The second kappa shape index (κ2) is 5.53. The van der Waals surface area contributed by atoms with Crippen molar-refractivity contribution in [3.05, 3.63) is 46.0 Å². The molecule has 0 heteroatoms. The molecular formula is C17H24. The zero-order valence-corrected chi connectivity index (χ0v) is 11.5. The van der Waals surface area contributed by atoms with Gasteiger partial charge in [0.05, 0.1) is 0 Å². The van der Waals surface area contributed by atoms with Crippen LogP contribution < -0.4 is 0 Å². The zero-order valence-electron chi connectivity index (χ0n) is 11.5. The molecule has 2 rings (SSSR count). The molecule has 17 heavy (non-hydrogen) atoms. The van der Waals surface area contributed by atoms with Gasteiger partial charge in [-0.3, -0.25) is 0 Å². The first-order valence-corrected chi connectivity index (χ1v) is 6.91. The highest BCUT2D eigenvalue weighted by Gasteiger charge is 2.07. The van der Waals surface area contributed by atoms with Gasteiger partial charge in [0, 0.05) is 0 Å². The van der Waals surface area contributed by atoms with E-state index < -0.39 is 0 Å². The van der Waals surface area contributed by atoms with Crippen LogP contribution in [0.5, 0.6) is 0 Å². The van der Waals surface area contributed by atoms with Gasteiger partial charge in [0.2, 0.25) is 0 Å². The van der Waals surface area contributed by atoms with Crippen molar-refractivity contribution in [2.75, 3.05) is 0 Å². The van der Waals surface area contributed by atoms with Gasteiger partial charge in [-0.05, 0) is 76.0 Å². The molecule has 0 radical (unpaired) electrons. The molecule has 0 nitrogen and oxygen atoms in total. The molecular weight excluding hydrogens is 204 g/mol. The van der Waals surface area contributed by atoms with Gasteiger partial charge in [0.25, 0.3) is 0 Å². The van der Waals surface area contributed by atoms with E-state index in [0.717, 1.165) is 0 Å². The molecule has 1 aromatic carbocycles. The number of hydrogen-bond acceptors (Lipinski definition) is 0. The predicted molar refractivity (Wildman–Crippen MR) is 75.5 cm³/mol. The van der Waals surface area contributed by atoms with Crippen LogP contribution in [0.2, 0.25) is 0 Å². The third-order valence-corrected chi connectivity index (χ3v) is 3.92. The highest BCUT2D eigenvalue weighted by molar-refractivity contribution is 5.38. The van der Waals surface area contributed by atoms with Crippen LogP contribution in [0.15, 0.2) is 23.8 Å². The fourth-order valence-corrected chi connectivity index (χ4v) is 3.02. The minimum Gasteiger partial charge on any atom is -0.0853 e. The van der Waals surface area contributed by atoms with Crippen LogP contribution in [0.1, 0.15) is 54.4 Å². The lowest BCUT2D eigenvalue weighted by Crippen LogP contribution is -1.99. The Morgan fingerprint density at radius 3 is 2.24 bits per heavy atom. The van der Waals surface area contributed by atoms with E-state index in [1.54, 1.807) is 11.1 Å². The number of rotatable bonds is 3. The summed E-state index contributed by atoms with van der Waals surface area (Å²) in [6, 6.07) is 4.63. The minimum atomic E-state index is 1.23. The maximum Gasteiger partial charge on any atom is -0.0236 e. The molecule has 1 aliphatic rings. The van der Waals surface area contributed by atoms with Gasteiger partial charge in [0.1, 0.15) is 0 Å². The van der Waals surface area contributed by atoms with Crippen LogP contribution in [-0.2, 0) is 6.42 Å². The van der Waals surface area contributed by atoms with Crippen molar-refractivity contribution in [2.24, 2.45) is 0 Å². The number of aryl methyl sites for hydroxylation is 3. The van der Waals surface area contributed by atoms with E-state index in [1.165, 1.54) is 55.2 Å². The molecule has 0 N–H and O–H groups in total. The molecule has 0 aliphatic heterocycles. The van der Waals surface area contributed by atoms with Crippen LogP contribution in [0.3, 0.4) is 0 Å². The highest BCUT2D eigenvalue weighted by atomic mass is 14.1. The molecule has 0 saturated heterocycles. The van der Waals surface area contributed by atoms with Gasteiger partial charge in [0.15, 0.2) is 0 Å². The summed E-state index contributed by atoms with van der Waals surface area (Å²) in [5.74, 6) is 0. The summed E-state index contributed by atoms with van der Waals surface area (Å²) in [4.78, 5) is 0. The Morgan fingerprint density at radius 2 is 1.65 bits per heavy atom. The maximum absolute atomic E-state index is 2.47. The molecule has 1 aliphatic carbocycles. The van der Waals surface area contributed by atoms with Crippen molar-refractivity contribution >= 4 is 0 Å². The second-order valence-electron chi connectivity index (χ2n) is 5.49. The summed E-state index contributed by atoms with van der Waals surface area (Å²) < 4.78 is 0. The first-order valence-electron chi connectivity index (χ1n) is 6.91. The van der Waals surface area contributed by atoms with Gasteiger partial charge in [-0.2, -0.15) is 0 Å². The molecule has 0 atom stereocenters. The summed E-state index contributed by atoms with van der Waals surface area (Å²) in [7, 11) is 0. The summed E-state index contributed by atoms with van der Waals surface area (Å²) in [6.07, 6.45) is 10.4. The van der Waals surface area contributed by atoms with E-state index in [1.807, 2.05) is 0 Å². The number of hydrogen-bond donors (Lipinski definition) is 0. The Kier molecular flexibility index (Phi) is 4.04. The summed E-state index contributed by atoms with van der Waals surface area (Å²) in [6.45, 7) is 6.70. The van der Waals surface area contributed by atoms with Gasteiger partial charge in [-0.25, -0.2) is 0 Å². The smallest absolute Gasteiger partial charge is 0.0236 e. The van der Waals surface area contributed by atoms with Crippen molar-refractivity contribution in [3.63, 3.8) is 0 Å². The Labute approximate surface area is 106 Å². The predicted octanol–water partition coefficient (Wildman–Crippen LogP) is 5.04. The van der Waals surface area contributed by atoms with Crippen LogP contribution >= 0.6 is 0 Å². The highest BCUT2D eigenvalue weighted by Crippen LogP contribution is 2.24. The Bertz CT molecular complexity index is 401. The molecule has 0 spiro atoms. The average Bonchev–Trinajstić information content (AvgIpc) is 2.29. The lowest BCUT2D eigenvalue weighted by atomic mass is 9.91. The molecule has 0 heterocycles. The van der Waals surface area contributed by atoms with Crippen molar-refractivity contribution in [1.82, 2.24) is 0 Å². The number of allylic oxidation sites excluding steroid dienone is 2. The van der Waals surface area contributed by atoms with Crippen LogP contribution in [0, 0.1) is 20.8 Å². The topological polar surface area (TPSA) is 0 Å². The lowest BCUT2D eigenvalue weighted by molar-refractivity contribution is 0.672. The van der Waals surface area contributed by atoms with E-state index >= 15 is 0 Å². The first kappa shape index (κ1) is 12.4. The van der Waals surface area contributed by atoms with E-state index in [-0.39, 0.29) is 0 Å². The van der Waals surface area contributed by atoms with Gasteiger partial charge in [-0.15, -0.1) is 0 Å². The Morgan fingerprint density at radius 1 is 0.941 bits per heavy atom. The molecule has 0 unspecified atom stereocenters. The fraction of sp³-hybridized carbons (Fsp3) is 0.529. The molecule has 0 aromatic heterocycles. The molecule has 1 aromatic rings. The van der Waals surface area contributed by atoms with E-state index in [4.69, 9.17) is 0 Å². The second-order valence-corrected chi connectivity index (χ2v) is 5.49. The normalized spacial score (nSPS) is 15.8. The third kappa shape index (κ3) is 3.21. The van der Waals surface area contributed by atoms with Crippen molar-refractivity contribution in [2.45, 2.75) is 59.3 Å².